The molecule has 1 aromatic carbocycles. The molecule has 2 saturated heterocycles. The van der Waals surface area contributed by atoms with Crippen molar-refractivity contribution in [2.75, 3.05) is 31.4 Å². The third kappa shape index (κ3) is 5.64. The van der Waals surface area contributed by atoms with Gasteiger partial charge in [0.1, 0.15) is 24.1 Å². The quantitative estimate of drug-likeness (QED) is 0.568. The van der Waals surface area contributed by atoms with Crippen LogP contribution in [-0.2, 0) is 19.3 Å². The predicted octanol–water partition coefficient (Wildman–Crippen LogP) is 3.62. The smallest absolute Gasteiger partial charge is 0.410 e. The van der Waals surface area contributed by atoms with Gasteiger partial charge >= 0.3 is 6.09 Å². The van der Waals surface area contributed by atoms with E-state index in [4.69, 9.17) is 14.2 Å². The van der Waals surface area contributed by atoms with Gasteiger partial charge in [0.25, 0.3) is 0 Å². The highest BCUT2D eigenvalue weighted by Gasteiger charge is 2.43. The van der Waals surface area contributed by atoms with Gasteiger partial charge in [-0.25, -0.2) is 27.6 Å². The van der Waals surface area contributed by atoms with Gasteiger partial charge in [-0.1, -0.05) is 6.42 Å². The summed E-state index contributed by atoms with van der Waals surface area (Å²) in [6, 6.07) is 3.37. The summed E-state index contributed by atoms with van der Waals surface area (Å²) in [7, 11) is -3.52. The monoisotopic (exact) mass is 534 g/mol. The average Bonchev–Trinajstić information content (AvgIpc) is 2.80. The normalized spacial score (nSPS) is 23.8. The minimum atomic E-state index is -3.52. The first kappa shape index (κ1) is 25.7. The second kappa shape index (κ2) is 10.4. The number of piperidine rings is 1. The fourth-order valence-electron chi connectivity index (χ4n) is 4.97. The molecule has 3 heterocycles. The molecule has 1 amide bonds. The van der Waals surface area contributed by atoms with E-state index < -0.39 is 15.7 Å². The van der Waals surface area contributed by atoms with Crippen molar-refractivity contribution in [1.29, 1.82) is 0 Å². The van der Waals surface area contributed by atoms with Crippen molar-refractivity contribution in [1.82, 2.24) is 14.9 Å². The van der Waals surface area contributed by atoms with E-state index in [-0.39, 0.29) is 34.9 Å². The van der Waals surface area contributed by atoms with Gasteiger partial charge in [-0.15, -0.1) is 0 Å². The summed E-state index contributed by atoms with van der Waals surface area (Å²) in [5, 5.41) is 2.90. The lowest BCUT2D eigenvalue weighted by Crippen LogP contribution is -2.61. The number of amides is 1. The Bertz CT molecular complexity index is 1260. The van der Waals surface area contributed by atoms with Crippen molar-refractivity contribution in [3.05, 3.63) is 35.9 Å². The van der Waals surface area contributed by atoms with Crippen molar-refractivity contribution in [2.24, 2.45) is 5.92 Å². The third-order valence-corrected chi connectivity index (χ3v) is 8.40. The third-order valence-electron chi connectivity index (χ3n) is 7.29. The van der Waals surface area contributed by atoms with Gasteiger partial charge in [-0.05, 0) is 43.9 Å². The maximum atomic E-state index is 14.6. The molecule has 37 heavy (non-hydrogen) atoms. The van der Waals surface area contributed by atoms with Crippen molar-refractivity contribution >= 4 is 27.4 Å². The fraction of sp³-hybridized carbons (Fsp3) is 0.560. The van der Waals surface area contributed by atoms with E-state index in [9.17, 15) is 17.6 Å². The first-order valence-corrected chi connectivity index (χ1v) is 14.4. The molecule has 3 fully saturated rings. The van der Waals surface area contributed by atoms with E-state index in [1.807, 2.05) is 4.90 Å². The highest BCUT2D eigenvalue weighted by atomic mass is 32.2. The summed E-state index contributed by atoms with van der Waals surface area (Å²) in [5.41, 5.74) is 0.665. The molecule has 1 aromatic heterocycles. The average molecular weight is 535 g/mol. The number of carbonyl (C=O) groups is 1. The van der Waals surface area contributed by atoms with Crippen LogP contribution in [0.25, 0.3) is 0 Å². The summed E-state index contributed by atoms with van der Waals surface area (Å²) in [4.78, 5) is 23.0. The number of fused-ring (bicyclic) bond motifs is 2. The van der Waals surface area contributed by atoms with Crippen LogP contribution in [0.2, 0.25) is 0 Å². The molecule has 2 aliphatic heterocycles. The molecule has 2 atom stereocenters. The van der Waals surface area contributed by atoms with Crippen LogP contribution in [0.1, 0.15) is 37.7 Å². The standard InChI is InChI=1S/C25H31FN4O6S/c1-15-23(29-22-7-6-20(10-21(22)26)37(2,32)33)27-14-28-24(15)36-19-8-17-12-34-13-18(9-19)30(17)25(31)35-11-16-4-3-5-16/h6-7,10,14,16-19H,3-5,8-9,11-13H2,1-2H3,(H,27,28,29). The minimum Gasteiger partial charge on any atom is -0.474 e. The topological polar surface area (TPSA) is 120 Å². The van der Waals surface area contributed by atoms with Gasteiger partial charge in [0, 0.05) is 19.1 Å². The van der Waals surface area contributed by atoms with Crippen LogP contribution in [0.4, 0.5) is 20.7 Å². The first-order valence-electron chi connectivity index (χ1n) is 12.5. The summed E-state index contributed by atoms with van der Waals surface area (Å²) < 4.78 is 55.5. The van der Waals surface area contributed by atoms with Gasteiger partial charge in [-0.2, -0.15) is 0 Å². The van der Waals surface area contributed by atoms with Gasteiger partial charge in [0.15, 0.2) is 9.84 Å². The first-order chi connectivity index (χ1) is 17.7. The lowest BCUT2D eigenvalue weighted by atomic mass is 9.86. The number of aromatic nitrogens is 2. The molecule has 12 heteroatoms. The number of benzene rings is 1. The van der Waals surface area contributed by atoms with Crippen molar-refractivity contribution in [3.8, 4) is 5.88 Å². The Morgan fingerprint density at radius 2 is 1.95 bits per heavy atom. The van der Waals surface area contributed by atoms with Crippen LogP contribution >= 0.6 is 0 Å². The van der Waals surface area contributed by atoms with Crippen molar-refractivity contribution in [2.45, 2.75) is 62.1 Å². The highest BCUT2D eigenvalue weighted by Crippen LogP contribution is 2.34. The Kier molecular flexibility index (Phi) is 7.21. The van der Waals surface area contributed by atoms with E-state index in [2.05, 4.69) is 15.3 Å². The summed E-state index contributed by atoms with van der Waals surface area (Å²) in [5.74, 6) is 0.468. The number of halogens is 1. The molecule has 2 unspecified atom stereocenters. The van der Waals surface area contributed by atoms with Crippen molar-refractivity contribution < 1.29 is 31.8 Å². The zero-order valence-corrected chi connectivity index (χ0v) is 21.7. The molecule has 0 radical (unpaired) electrons. The number of morpholine rings is 1. The Balaban J connectivity index is 1.25. The fourth-order valence-corrected chi connectivity index (χ4v) is 5.61. The van der Waals surface area contributed by atoms with Crippen LogP contribution in [0.5, 0.6) is 5.88 Å². The van der Waals surface area contributed by atoms with Gasteiger partial charge in [0.05, 0.1) is 48.1 Å². The number of nitrogens with zero attached hydrogens (tertiary/aromatic N) is 3. The summed E-state index contributed by atoms with van der Waals surface area (Å²) in [6.07, 6.45) is 6.46. The maximum absolute atomic E-state index is 14.6. The minimum absolute atomic E-state index is 0.0838. The van der Waals surface area contributed by atoms with Crippen LogP contribution in [0.15, 0.2) is 29.4 Å². The number of carbonyl (C=O) groups excluding carboxylic acids is 1. The zero-order valence-electron chi connectivity index (χ0n) is 20.9. The molecule has 1 aliphatic carbocycles. The van der Waals surface area contributed by atoms with E-state index in [0.717, 1.165) is 25.2 Å². The molecule has 200 valence electrons. The van der Waals surface area contributed by atoms with E-state index in [1.165, 1.54) is 24.9 Å². The molecule has 3 aliphatic rings. The highest BCUT2D eigenvalue weighted by molar-refractivity contribution is 7.90. The van der Waals surface area contributed by atoms with Crippen LogP contribution < -0.4 is 10.1 Å². The zero-order chi connectivity index (χ0) is 26.2. The lowest BCUT2D eigenvalue weighted by molar-refractivity contribution is -0.0925. The maximum Gasteiger partial charge on any atom is 0.410 e. The molecule has 0 spiro atoms. The van der Waals surface area contributed by atoms with Crippen LogP contribution in [-0.4, -0.2) is 73.6 Å². The molecule has 2 aromatic rings. The van der Waals surface area contributed by atoms with E-state index in [1.54, 1.807) is 6.92 Å². The predicted molar refractivity (Wildman–Crippen MR) is 132 cm³/mol. The van der Waals surface area contributed by atoms with Gasteiger partial charge in [-0.3, -0.25) is 4.90 Å². The number of anilines is 2. The second-order valence-corrected chi connectivity index (χ2v) is 12.0. The molecule has 5 rings (SSSR count). The van der Waals surface area contributed by atoms with Crippen LogP contribution in [0.3, 0.4) is 0 Å². The number of ether oxygens (including phenoxy) is 3. The number of rotatable bonds is 7. The number of nitrogens with one attached hydrogen (secondary N) is 1. The summed E-state index contributed by atoms with van der Waals surface area (Å²) in [6.45, 7) is 3.08. The Morgan fingerprint density at radius 1 is 1.22 bits per heavy atom. The van der Waals surface area contributed by atoms with Gasteiger partial charge < -0.3 is 19.5 Å². The molecular formula is C25H31FN4O6S. The number of hydrogen-bond acceptors (Lipinski definition) is 9. The Hall–Kier alpha value is -2.99. The van der Waals surface area contributed by atoms with Gasteiger partial charge in [0.2, 0.25) is 5.88 Å². The Morgan fingerprint density at radius 3 is 2.57 bits per heavy atom. The number of hydrogen-bond donors (Lipinski definition) is 1. The van der Waals surface area contributed by atoms with Crippen LogP contribution in [0, 0.1) is 18.7 Å². The largest absolute Gasteiger partial charge is 0.474 e. The van der Waals surface area contributed by atoms with Crippen molar-refractivity contribution in [3.63, 3.8) is 0 Å². The molecule has 2 bridgehead atoms. The molecule has 10 nitrogen and oxygen atoms in total. The molecular weight excluding hydrogens is 503 g/mol. The van der Waals surface area contributed by atoms with E-state index in [0.29, 0.717) is 55.8 Å². The molecule has 1 saturated carbocycles. The Labute approximate surface area is 215 Å². The SMILES string of the molecule is Cc1c(Nc2ccc(S(C)(=O)=O)cc2F)ncnc1OC1CC2COCC(C1)N2C(=O)OCC1CCC1. The lowest BCUT2D eigenvalue weighted by Gasteiger charge is -2.47. The molecule has 1 N–H and O–H groups in total. The number of sulfone groups is 1. The second-order valence-electron chi connectivity index (χ2n) is 10.0. The summed E-state index contributed by atoms with van der Waals surface area (Å²) >= 11 is 0. The van der Waals surface area contributed by atoms with E-state index >= 15 is 0 Å².